The van der Waals surface area contributed by atoms with Gasteiger partial charge < -0.3 is 4.57 Å². The average molecular weight is 423 g/mol. The zero-order valence-corrected chi connectivity index (χ0v) is 17.1. The minimum Gasteiger partial charge on any atom is -0.340 e. The predicted molar refractivity (Wildman–Crippen MR) is 117 cm³/mol. The molecular weight excluding hydrogens is 403 g/mol. The van der Waals surface area contributed by atoms with Crippen LogP contribution in [0.2, 0.25) is 0 Å². The number of halogens is 3. The summed E-state index contributed by atoms with van der Waals surface area (Å²) in [6.45, 7) is 8.01. The zero-order chi connectivity index (χ0) is 22.3. The second-order valence-electron chi connectivity index (χ2n) is 7.38. The Morgan fingerprint density at radius 2 is 1.81 bits per heavy atom. The second kappa shape index (κ2) is 7.58. The lowest BCUT2D eigenvalue weighted by Gasteiger charge is -2.11. The van der Waals surface area contributed by atoms with Crippen molar-refractivity contribution in [2.45, 2.75) is 26.6 Å². The molecule has 0 radical (unpaired) electrons. The van der Waals surface area contributed by atoms with Crippen LogP contribution in [0.5, 0.6) is 0 Å². The Morgan fingerprint density at radius 1 is 1.10 bits per heavy atom. The van der Waals surface area contributed by atoms with Gasteiger partial charge in [-0.3, -0.25) is 4.79 Å². The smallest absolute Gasteiger partial charge is 0.340 e. The van der Waals surface area contributed by atoms with Crippen LogP contribution >= 0.6 is 0 Å². The van der Waals surface area contributed by atoms with Crippen LogP contribution in [0, 0.1) is 13.8 Å². The van der Waals surface area contributed by atoms with E-state index in [2.05, 4.69) is 11.7 Å². The normalized spacial score (nSPS) is 15.8. The third kappa shape index (κ3) is 3.56. The molecule has 3 aromatic rings. The Bertz CT molecular complexity index is 1250. The third-order valence-electron chi connectivity index (χ3n) is 5.28. The van der Waals surface area contributed by atoms with E-state index >= 15 is 0 Å². The zero-order valence-electron chi connectivity index (χ0n) is 17.1. The van der Waals surface area contributed by atoms with Crippen molar-refractivity contribution in [3.05, 3.63) is 83.6 Å². The number of alkyl halides is 3. The van der Waals surface area contributed by atoms with E-state index in [0.717, 1.165) is 27.2 Å². The van der Waals surface area contributed by atoms with Gasteiger partial charge in [-0.1, -0.05) is 35.9 Å². The fraction of sp³-hybridized carbons (Fsp3) is 0.167. The minimum absolute atomic E-state index is 0.277. The van der Waals surface area contributed by atoms with Crippen molar-refractivity contribution in [1.29, 1.82) is 0 Å². The molecule has 7 heteroatoms. The van der Waals surface area contributed by atoms with E-state index in [1.807, 2.05) is 36.6 Å². The molecule has 0 saturated heterocycles. The summed E-state index contributed by atoms with van der Waals surface area (Å²) >= 11 is 0. The Morgan fingerprint density at radius 3 is 2.45 bits per heavy atom. The van der Waals surface area contributed by atoms with Crippen LogP contribution in [0.4, 0.5) is 18.9 Å². The van der Waals surface area contributed by atoms with E-state index in [0.29, 0.717) is 12.1 Å². The van der Waals surface area contributed by atoms with Gasteiger partial charge in [0, 0.05) is 28.7 Å². The van der Waals surface area contributed by atoms with Crippen LogP contribution in [-0.2, 0) is 11.3 Å². The average Bonchev–Trinajstić information content (AvgIpc) is 3.19. The molecular formula is C24H20F3N3O. The number of hydrazone groups is 1. The van der Waals surface area contributed by atoms with E-state index in [1.54, 1.807) is 36.4 Å². The molecule has 2 heterocycles. The summed E-state index contributed by atoms with van der Waals surface area (Å²) in [4.78, 5) is 13.0. The molecule has 0 fully saturated rings. The van der Waals surface area contributed by atoms with E-state index < -0.39 is 23.4 Å². The molecule has 0 atom stereocenters. The highest BCUT2D eigenvalue weighted by Gasteiger charge is 2.47. The van der Waals surface area contributed by atoms with Crippen LogP contribution in [0.15, 0.2) is 71.9 Å². The van der Waals surface area contributed by atoms with Gasteiger partial charge in [-0.2, -0.15) is 23.3 Å². The van der Waals surface area contributed by atoms with Crippen molar-refractivity contribution in [3.63, 3.8) is 0 Å². The standard InChI is InChI=1S/C24H20F3N3O/c1-4-12-29-16(3)18(19-13-15(2)10-11-21(19)29)14-20-22(24(25,26)27)28-30(23(20)31)17-8-6-5-7-9-17/h4-11,13-14H,1,12H2,2-3H3/b20-14+. The van der Waals surface area contributed by atoms with Crippen molar-refractivity contribution in [2.75, 3.05) is 5.01 Å². The van der Waals surface area contributed by atoms with Gasteiger partial charge in [-0.25, -0.2) is 0 Å². The van der Waals surface area contributed by atoms with Gasteiger partial charge in [0.25, 0.3) is 5.91 Å². The number of carbonyl (C=O) groups excluding carboxylic acids is 1. The first kappa shape index (κ1) is 20.7. The topological polar surface area (TPSA) is 37.6 Å². The Labute approximate surface area is 177 Å². The molecule has 158 valence electrons. The van der Waals surface area contributed by atoms with E-state index in [1.165, 1.54) is 6.08 Å². The number of rotatable bonds is 4. The highest BCUT2D eigenvalue weighted by atomic mass is 19.4. The molecule has 1 aliphatic heterocycles. The molecule has 1 aliphatic rings. The highest BCUT2D eigenvalue weighted by molar-refractivity contribution is 6.34. The number of allylic oxidation sites excluding steroid dienone is 1. The first-order valence-electron chi connectivity index (χ1n) is 9.70. The van der Waals surface area contributed by atoms with Crippen LogP contribution in [-0.4, -0.2) is 22.4 Å². The quantitative estimate of drug-likeness (QED) is 0.386. The van der Waals surface area contributed by atoms with Crippen molar-refractivity contribution in [1.82, 2.24) is 4.57 Å². The van der Waals surface area contributed by atoms with Crippen LogP contribution in [0.3, 0.4) is 0 Å². The van der Waals surface area contributed by atoms with Crippen molar-refractivity contribution in [3.8, 4) is 0 Å². The highest BCUT2D eigenvalue weighted by Crippen LogP contribution is 2.35. The van der Waals surface area contributed by atoms with Gasteiger partial charge >= 0.3 is 6.18 Å². The van der Waals surface area contributed by atoms with Crippen molar-refractivity contribution < 1.29 is 18.0 Å². The molecule has 4 nitrogen and oxygen atoms in total. The molecule has 0 aliphatic carbocycles. The summed E-state index contributed by atoms with van der Waals surface area (Å²) in [7, 11) is 0. The number of aromatic nitrogens is 1. The maximum atomic E-state index is 13.8. The largest absolute Gasteiger partial charge is 0.435 e. The van der Waals surface area contributed by atoms with Gasteiger partial charge in [-0.05, 0) is 44.2 Å². The van der Waals surface area contributed by atoms with Gasteiger partial charge in [0.05, 0.1) is 11.3 Å². The number of amides is 1. The molecule has 0 spiro atoms. The summed E-state index contributed by atoms with van der Waals surface area (Å²) in [5.74, 6) is -0.810. The lowest BCUT2D eigenvalue weighted by atomic mass is 10.0. The number of aryl methyl sites for hydroxylation is 1. The number of anilines is 1. The van der Waals surface area contributed by atoms with E-state index in [-0.39, 0.29) is 5.69 Å². The number of benzene rings is 2. The van der Waals surface area contributed by atoms with Crippen molar-refractivity contribution in [2.24, 2.45) is 5.10 Å². The summed E-state index contributed by atoms with van der Waals surface area (Å²) in [6, 6.07) is 13.9. The van der Waals surface area contributed by atoms with Crippen molar-refractivity contribution >= 4 is 34.3 Å². The van der Waals surface area contributed by atoms with Crippen LogP contribution in [0.25, 0.3) is 17.0 Å². The number of hydrogen-bond acceptors (Lipinski definition) is 2. The molecule has 2 aromatic carbocycles. The fourth-order valence-electron chi connectivity index (χ4n) is 3.81. The predicted octanol–water partition coefficient (Wildman–Crippen LogP) is 5.79. The third-order valence-corrected chi connectivity index (χ3v) is 5.28. The molecule has 31 heavy (non-hydrogen) atoms. The fourth-order valence-corrected chi connectivity index (χ4v) is 3.81. The number of fused-ring (bicyclic) bond motifs is 1. The first-order chi connectivity index (χ1) is 14.7. The Kier molecular flexibility index (Phi) is 5.05. The monoisotopic (exact) mass is 423 g/mol. The van der Waals surface area contributed by atoms with Crippen LogP contribution < -0.4 is 5.01 Å². The Hall–Kier alpha value is -3.61. The van der Waals surface area contributed by atoms with E-state index in [9.17, 15) is 18.0 Å². The summed E-state index contributed by atoms with van der Waals surface area (Å²) in [5.41, 5.74) is 1.76. The number of carbonyl (C=O) groups is 1. The van der Waals surface area contributed by atoms with Crippen LogP contribution in [0.1, 0.15) is 16.8 Å². The SMILES string of the molecule is C=CCn1c(C)c(/C=C2/C(=O)N(c3ccccc3)N=C2C(F)(F)F)c2cc(C)ccc21. The lowest BCUT2D eigenvalue weighted by molar-refractivity contribution is -0.114. The van der Waals surface area contributed by atoms with Gasteiger partial charge in [0.2, 0.25) is 0 Å². The van der Waals surface area contributed by atoms with Gasteiger partial charge in [0.15, 0.2) is 5.71 Å². The van der Waals surface area contributed by atoms with Gasteiger partial charge in [-0.15, -0.1) is 6.58 Å². The van der Waals surface area contributed by atoms with E-state index in [4.69, 9.17) is 0 Å². The summed E-state index contributed by atoms with van der Waals surface area (Å²) in [5, 5.41) is 5.22. The molecule has 0 unspecified atom stereocenters. The second-order valence-corrected chi connectivity index (χ2v) is 7.38. The summed E-state index contributed by atoms with van der Waals surface area (Å²) < 4.78 is 43.4. The minimum atomic E-state index is -4.77. The number of nitrogens with zero attached hydrogens (tertiary/aromatic N) is 3. The number of para-hydroxylation sites is 1. The molecule has 0 N–H and O–H groups in total. The summed E-state index contributed by atoms with van der Waals surface area (Å²) in [6.07, 6.45) is -1.73. The lowest BCUT2D eigenvalue weighted by Crippen LogP contribution is -2.25. The molecule has 0 bridgehead atoms. The molecule has 4 rings (SSSR count). The molecule has 0 saturated carbocycles. The molecule has 1 aromatic heterocycles. The first-order valence-corrected chi connectivity index (χ1v) is 9.70. The van der Waals surface area contributed by atoms with Gasteiger partial charge in [0.1, 0.15) is 0 Å². The maximum absolute atomic E-state index is 13.8. The Balaban J connectivity index is 1.93. The molecule has 1 amide bonds. The maximum Gasteiger partial charge on any atom is 0.435 e. The number of hydrogen-bond donors (Lipinski definition) is 0.